The van der Waals surface area contributed by atoms with Crippen molar-refractivity contribution in [2.75, 3.05) is 0 Å². The maximum Gasteiger partial charge on any atom is 0.141 e. The molecule has 1 aromatic rings. The molecule has 0 radical (unpaired) electrons. The Hall–Kier alpha value is -0.440. The van der Waals surface area contributed by atoms with Gasteiger partial charge >= 0.3 is 0 Å². The van der Waals surface area contributed by atoms with Gasteiger partial charge in [-0.05, 0) is 6.42 Å². The largest absolute Gasteiger partial charge is 0.243 e. The minimum atomic E-state index is -0.426. The summed E-state index contributed by atoms with van der Waals surface area (Å²) in [5, 5.41) is 2.49. The maximum absolute atomic E-state index is 11.8. The third-order valence-electron chi connectivity index (χ3n) is 1.08. The first-order valence-corrected chi connectivity index (χ1v) is 3.74. The van der Waals surface area contributed by atoms with Gasteiger partial charge in [-0.25, -0.2) is 9.37 Å². The Labute approximate surface area is 57.6 Å². The molecular weight excluding hydrogens is 137 g/mol. The molecule has 1 nitrogen and oxygen atoms in total. The van der Waals surface area contributed by atoms with Crippen LogP contribution in [0.5, 0.6) is 0 Å². The molecule has 1 rings (SSSR count). The van der Waals surface area contributed by atoms with Crippen LogP contribution in [0, 0.1) is 0 Å². The molecule has 9 heavy (non-hydrogen) atoms. The molecule has 1 aromatic heterocycles. The van der Waals surface area contributed by atoms with E-state index in [1.54, 1.807) is 0 Å². The molecule has 0 spiro atoms. The lowest BCUT2D eigenvalue weighted by Gasteiger charge is -1.81. The molecule has 0 aliphatic heterocycles. The number of hydrogen-bond donors (Lipinski definition) is 0. The summed E-state index contributed by atoms with van der Waals surface area (Å²) in [7, 11) is 0. The molecule has 0 amide bonds. The topological polar surface area (TPSA) is 12.9 Å². The van der Waals surface area contributed by atoms with Gasteiger partial charge in [-0.2, -0.15) is 0 Å². The van der Waals surface area contributed by atoms with E-state index < -0.39 is 6.67 Å². The SMILES string of the molecule is CCc1csc(CF)n1. The predicted molar refractivity (Wildman–Crippen MR) is 36.3 cm³/mol. The van der Waals surface area contributed by atoms with Gasteiger partial charge in [0.05, 0.1) is 5.69 Å². The number of thiazole rings is 1. The minimum Gasteiger partial charge on any atom is -0.243 e. The first-order chi connectivity index (χ1) is 4.36. The van der Waals surface area contributed by atoms with Gasteiger partial charge in [0, 0.05) is 5.38 Å². The second-order valence-electron chi connectivity index (χ2n) is 1.72. The van der Waals surface area contributed by atoms with E-state index >= 15 is 0 Å². The molecule has 50 valence electrons. The molecule has 0 aliphatic carbocycles. The lowest BCUT2D eigenvalue weighted by atomic mass is 10.4. The van der Waals surface area contributed by atoms with Crippen LogP contribution >= 0.6 is 11.3 Å². The quantitative estimate of drug-likeness (QED) is 0.621. The smallest absolute Gasteiger partial charge is 0.141 e. The van der Waals surface area contributed by atoms with Crippen molar-refractivity contribution < 1.29 is 4.39 Å². The van der Waals surface area contributed by atoms with E-state index in [0.717, 1.165) is 12.1 Å². The van der Waals surface area contributed by atoms with E-state index in [0.29, 0.717) is 5.01 Å². The Morgan fingerprint density at radius 3 is 2.89 bits per heavy atom. The van der Waals surface area contributed by atoms with Gasteiger partial charge in [0.2, 0.25) is 0 Å². The van der Waals surface area contributed by atoms with E-state index in [2.05, 4.69) is 4.98 Å². The Bertz CT molecular complexity index is 166. The summed E-state index contributed by atoms with van der Waals surface area (Å²) in [6.45, 7) is 1.59. The highest BCUT2D eigenvalue weighted by atomic mass is 32.1. The van der Waals surface area contributed by atoms with Crippen LogP contribution in [0.4, 0.5) is 4.39 Å². The normalized spacial score (nSPS) is 10.0. The van der Waals surface area contributed by atoms with E-state index in [1.807, 2.05) is 12.3 Å². The van der Waals surface area contributed by atoms with Gasteiger partial charge in [-0.3, -0.25) is 0 Å². The van der Waals surface area contributed by atoms with Crippen LogP contribution in [0.2, 0.25) is 0 Å². The molecule has 0 saturated carbocycles. The highest BCUT2D eigenvalue weighted by Crippen LogP contribution is 2.10. The summed E-state index contributed by atoms with van der Waals surface area (Å²) < 4.78 is 11.8. The third kappa shape index (κ3) is 1.48. The van der Waals surface area contributed by atoms with Crippen molar-refractivity contribution in [1.82, 2.24) is 4.98 Å². The van der Waals surface area contributed by atoms with Crippen LogP contribution in [0.25, 0.3) is 0 Å². The Kier molecular flexibility index (Phi) is 2.16. The van der Waals surface area contributed by atoms with Crippen LogP contribution in [0.3, 0.4) is 0 Å². The number of nitrogens with zero attached hydrogens (tertiary/aromatic N) is 1. The van der Waals surface area contributed by atoms with Crippen molar-refractivity contribution in [3.63, 3.8) is 0 Å². The molecule has 1 heterocycles. The molecule has 0 atom stereocenters. The number of rotatable bonds is 2. The lowest BCUT2D eigenvalue weighted by molar-refractivity contribution is 0.483. The first-order valence-electron chi connectivity index (χ1n) is 2.86. The molecule has 3 heteroatoms. The molecule has 0 aliphatic rings. The van der Waals surface area contributed by atoms with Crippen molar-refractivity contribution in [3.8, 4) is 0 Å². The van der Waals surface area contributed by atoms with Crippen LogP contribution in [-0.4, -0.2) is 4.98 Å². The zero-order valence-electron chi connectivity index (χ0n) is 5.22. The van der Waals surface area contributed by atoms with Crippen LogP contribution in [0.1, 0.15) is 17.6 Å². The van der Waals surface area contributed by atoms with E-state index in [-0.39, 0.29) is 0 Å². The summed E-state index contributed by atoms with van der Waals surface area (Å²) in [6.07, 6.45) is 0.899. The molecule has 0 unspecified atom stereocenters. The van der Waals surface area contributed by atoms with Gasteiger partial charge in [-0.15, -0.1) is 11.3 Å². The fourth-order valence-corrected chi connectivity index (χ4v) is 1.30. The zero-order chi connectivity index (χ0) is 6.69. The lowest BCUT2D eigenvalue weighted by Crippen LogP contribution is -1.79. The standard InChI is InChI=1S/C6H8FNS/c1-2-5-4-9-6(3-7)8-5/h4H,2-3H2,1H3. The van der Waals surface area contributed by atoms with Crippen molar-refractivity contribution in [2.45, 2.75) is 20.0 Å². The van der Waals surface area contributed by atoms with Crippen molar-refractivity contribution >= 4 is 11.3 Å². The number of hydrogen-bond acceptors (Lipinski definition) is 2. The van der Waals surface area contributed by atoms with Crippen molar-refractivity contribution in [3.05, 3.63) is 16.1 Å². The number of alkyl halides is 1. The van der Waals surface area contributed by atoms with E-state index in [1.165, 1.54) is 11.3 Å². The molecule has 0 bridgehead atoms. The summed E-state index contributed by atoms with van der Waals surface area (Å²) in [5.41, 5.74) is 0.993. The fourth-order valence-electron chi connectivity index (χ4n) is 0.573. The van der Waals surface area contributed by atoms with Crippen LogP contribution in [0.15, 0.2) is 5.38 Å². The zero-order valence-corrected chi connectivity index (χ0v) is 6.04. The molecule has 0 aromatic carbocycles. The van der Waals surface area contributed by atoms with E-state index in [9.17, 15) is 4.39 Å². The van der Waals surface area contributed by atoms with Crippen molar-refractivity contribution in [2.24, 2.45) is 0 Å². The highest BCUT2D eigenvalue weighted by Gasteiger charge is 1.96. The number of aryl methyl sites for hydroxylation is 1. The molecular formula is C6H8FNS. The van der Waals surface area contributed by atoms with Crippen LogP contribution < -0.4 is 0 Å². The van der Waals surface area contributed by atoms with Gasteiger partial charge in [-0.1, -0.05) is 6.92 Å². The number of halogens is 1. The second kappa shape index (κ2) is 2.92. The average Bonchev–Trinajstić information content (AvgIpc) is 2.34. The summed E-state index contributed by atoms with van der Waals surface area (Å²) in [6, 6.07) is 0. The van der Waals surface area contributed by atoms with Gasteiger partial charge in [0.25, 0.3) is 0 Å². The summed E-state index contributed by atoms with van der Waals surface area (Å²) in [5.74, 6) is 0. The fraction of sp³-hybridized carbons (Fsp3) is 0.500. The van der Waals surface area contributed by atoms with Crippen LogP contribution in [-0.2, 0) is 13.1 Å². The third-order valence-corrected chi connectivity index (χ3v) is 1.94. The Morgan fingerprint density at radius 2 is 2.56 bits per heavy atom. The Balaban J connectivity index is 2.74. The monoisotopic (exact) mass is 145 g/mol. The summed E-state index contributed by atoms with van der Waals surface area (Å²) in [4.78, 5) is 3.99. The van der Waals surface area contributed by atoms with E-state index in [4.69, 9.17) is 0 Å². The van der Waals surface area contributed by atoms with Gasteiger partial charge in [0.15, 0.2) is 0 Å². The number of aromatic nitrogens is 1. The Morgan fingerprint density at radius 1 is 1.78 bits per heavy atom. The minimum absolute atomic E-state index is 0.426. The molecule has 0 saturated heterocycles. The predicted octanol–water partition coefficient (Wildman–Crippen LogP) is 2.17. The second-order valence-corrected chi connectivity index (χ2v) is 2.66. The highest BCUT2D eigenvalue weighted by molar-refractivity contribution is 7.09. The van der Waals surface area contributed by atoms with Gasteiger partial charge < -0.3 is 0 Å². The first kappa shape index (κ1) is 6.68. The van der Waals surface area contributed by atoms with Crippen molar-refractivity contribution in [1.29, 1.82) is 0 Å². The molecule has 0 fully saturated rings. The average molecular weight is 145 g/mol. The molecule has 0 N–H and O–H groups in total. The maximum atomic E-state index is 11.8. The summed E-state index contributed by atoms with van der Waals surface area (Å²) >= 11 is 1.39. The van der Waals surface area contributed by atoms with Gasteiger partial charge in [0.1, 0.15) is 11.7 Å².